The molecule has 1 aromatic rings. The first-order valence-electron chi connectivity index (χ1n) is 5.83. The van der Waals surface area contributed by atoms with Crippen molar-refractivity contribution in [3.8, 4) is 0 Å². The van der Waals surface area contributed by atoms with Crippen molar-refractivity contribution in [1.29, 1.82) is 0 Å². The molecule has 1 aliphatic heterocycles. The minimum Gasteiger partial charge on any atom is -0.381 e. The van der Waals surface area contributed by atoms with Gasteiger partial charge in [-0.3, -0.25) is 0 Å². The molecule has 1 atom stereocenters. The Morgan fingerprint density at radius 3 is 2.71 bits per heavy atom. The van der Waals surface area contributed by atoms with Crippen molar-refractivity contribution in [3.63, 3.8) is 0 Å². The molecule has 1 unspecified atom stereocenters. The lowest BCUT2D eigenvalue weighted by Crippen LogP contribution is -2.25. The Morgan fingerprint density at radius 1 is 1.35 bits per heavy atom. The zero-order valence-electron chi connectivity index (χ0n) is 9.46. The average Bonchev–Trinajstić information content (AvgIpc) is 2.35. The van der Waals surface area contributed by atoms with Crippen LogP contribution in [0.1, 0.15) is 18.4 Å². The molecule has 1 saturated heterocycles. The zero-order chi connectivity index (χ0) is 12.3. The fourth-order valence-electron chi connectivity index (χ4n) is 2.17. The van der Waals surface area contributed by atoms with Crippen LogP contribution in [0.5, 0.6) is 0 Å². The molecule has 0 radical (unpaired) electrons. The molecule has 1 aliphatic rings. The van der Waals surface area contributed by atoms with E-state index >= 15 is 0 Å². The van der Waals surface area contributed by atoms with E-state index in [1.807, 2.05) is 0 Å². The Morgan fingerprint density at radius 2 is 2.06 bits per heavy atom. The topological polar surface area (TPSA) is 9.23 Å². The van der Waals surface area contributed by atoms with Gasteiger partial charge in [-0.05, 0) is 37.3 Å². The monoisotopic (exact) mass is 276 g/mol. The van der Waals surface area contributed by atoms with E-state index in [4.69, 9.17) is 27.9 Å². The van der Waals surface area contributed by atoms with Crippen molar-refractivity contribution in [3.05, 3.63) is 34.6 Å². The van der Waals surface area contributed by atoms with E-state index in [0.717, 1.165) is 26.1 Å². The largest absolute Gasteiger partial charge is 0.381 e. The maximum absolute atomic E-state index is 13.6. The molecule has 0 bridgehead atoms. The van der Waals surface area contributed by atoms with E-state index in [0.29, 0.717) is 22.9 Å². The maximum atomic E-state index is 13.6. The van der Waals surface area contributed by atoms with Gasteiger partial charge < -0.3 is 4.74 Å². The number of hydrogen-bond donors (Lipinski definition) is 0. The molecular formula is C13H15Cl2FO. The van der Waals surface area contributed by atoms with E-state index in [-0.39, 0.29) is 11.2 Å². The number of alkyl halides is 1. The van der Waals surface area contributed by atoms with E-state index in [1.165, 1.54) is 6.07 Å². The third-order valence-electron chi connectivity index (χ3n) is 3.24. The van der Waals surface area contributed by atoms with Gasteiger partial charge in [0.05, 0.1) is 0 Å². The van der Waals surface area contributed by atoms with E-state index < -0.39 is 0 Å². The number of ether oxygens (including phenoxy) is 1. The van der Waals surface area contributed by atoms with Crippen molar-refractivity contribution in [1.82, 2.24) is 0 Å². The van der Waals surface area contributed by atoms with Crippen LogP contribution in [0.2, 0.25) is 5.02 Å². The second-order valence-corrected chi connectivity index (χ2v) is 5.34. The molecule has 1 aromatic carbocycles. The van der Waals surface area contributed by atoms with Crippen molar-refractivity contribution in [2.45, 2.75) is 24.6 Å². The van der Waals surface area contributed by atoms with Gasteiger partial charge in [0.25, 0.3) is 0 Å². The summed E-state index contributed by atoms with van der Waals surface area (Å²) in [5, 5.41) is 0.385. The molecule has 4 heteroatoms. The van der Waals surface area contributed by atoms with Gasteiger partial charge in [0, 0.05) is 29.2 Å². The molecule has 0 spiro atoms. The minimum absolute atomic E-state index is 0.0756. The predicted molar refractivity (Wildman–Crippen MR) is 68.3 cm³/mol. The van der Waals surface area contributed by atoms with Gasteiger partial charge in [-0.25, -0.2) is 4.39 Å². The van der Waals surface area contributed by atoms with Gasteiger partial charge >= 0.3 is 0 Å². The molecule has 2 rings (SSSR count). The summed E-state index contributed by atoms with van der Waals surface area (Å²) < 4.78 is 18.9. The van der Waals surface area contributed by atoms with Crippen LogP contribution in [-0.4, -0.2) is 18.6 Å². The highest BCUT2D eigenvalue weighted by molar-refractivity contribution is 6.31. The first-order valence-corrected chi connectivity index (χ1v) is 6.64. The third kappa shape index (κ3) is 3.34. The first-order chi connectivity index (χ1) is 8.18. The highest BCUT2D eigenvalue weighted by Gasteiger charge is 2.24. The molecular weight excluding hydrogens is 262 g/mol. The average molecular weight is 277 g/mol. The van der Waals surface area contributed by atoms with Crippen LogP contribution in [0.25, 0.3) is 0 Å². The first kappa shape index (κ1) is 13.1. The molecule has 1 heterocycles. The lowest BCUT2D eigenvalue weighted by atomic mass is 9.92. The Bertz CT molecular complexity index is 357. The lowest BCUT2D eigenvalue weighted by molar-refractivity contribution is 0.0651. The molecule has 1 fully saturated rings. The summed E-state index contributed by atoms with van der Waals surface area (Å²) in [7, 11) is 0. The Kier molecular flexibility index (Phi) is 4.66. The van der Waals surface area contributed by atoms with Gasteiger partial charge in [-0.15, -0.1) is 11.6 Å². The summed E-state index contributed by atoms with van der Waals surface area (Å²) in [6.45, 7) is 1.50. The van der Waals surface area contributed by atoms with E-state index in [9.17, 15) is 4.39 Å². The molecule has 0 amide bonds. The molecule has 0 N–H and O–H groups in total. The quantitative estimate of drug-likeness (QED) is 0.757. The van der Waals surface area contributed by atoms with Crippen LogP contribution >= 0.6 is 23.2 Å². The third-order valence-corrected chi connectivity index (χ3v) is 4.10. The number of rotatable bonds is 3. The summed E-state index contributed by atoms with van der Waals surface area (Å²) >= 11 is 12.3. The lowest BCUT2D eigenvalue weighted by Gasteiger charge is -2.26. The molecule has 17 heavy (non-hydrogen) atoms. The normalized spacial score (nSPS) is 19.2. The molecule has 0 saturated carbocycles. The van der Waals surface area contributed by atoms with Gasteiger partial charge in [0.2, 0.25) is 0 Å². The van der Waals surface area contributed by atoms with Crippen molar-refractivity contribution < 1.29 is 9.13 Å². The van der Waals surface area contributed by atoms with E-state index in [1.54, 1.807) is 12.1 Å². The van der Waals surface area contributed by atoms with Crippen LogP contribution in [0.4, 0.5) is 4.39 Å². The number of halogens is 3. The predicted octanol–water partition coefficient (Wildman–Crippen LogP) is 4.06. The highest BCUT2D eigenvalue weighted by atomic mass is 35.5. The van der Waals surface area contributed by atoms with Crippen LogP contribution in [0, 0.1) is 11.7 Å². The smallest absolute Gasteiger partial charge is 0.127 e. The standard InChI is InChI=1S/C13H15Cl2FO/c14-11-2-1-3-13(16)10(11)8-12(15)9-4-6-17-7-5-9/h1-3,9,12H,4-8H2. The van der Waals surface area contributed by atoms with Gasteiger partial charge in [0.15, 0.2) is 0 Å². The number of benzene rings is 1. The van der Waals surface area contributed by atoms with Gasteiger partial charge in [-0.1, -0.05) is 17.7 Å². The van der Waals surface area contributed by atoms with Crippen LogP contribution in [0.15, 0.2) is 18.2 Å². The van der Waals surface area contributed by atoms with Crippen LogP contribution in [0.3, 0.4) is 0 Å². The highest BCUT2D eigenvalue weighted by Crippen LogP contribution is 2.29. The van der Waals surface area contributed by atoms with E-state index in [2.05, 4.69) is 0 Å². The summed E-state index contributed by atoms with van der Waals surface area (Å²) in [5.41, 5.74) is 0.528. The Labute approximate surface area is 111 Å². The molecule has 0 aromatic heterocycles. The van der Waals surface area contributed by atoms with Crippen molar-refractivity contribution >= 4 is 23.2 Å². The van der Waals surface area contributed by atoms with Crippen molar-refractivity contribution in [2.75, 3.05) is 13.2 Å². The SMILES string of the molecule is Fc1cccc(Cl)c1CC(Cl)C1CCOCC1. The molecule has 94 valence electrons. The molecule has 1 nitrogen and oxygen atoms in total. The van der Waals surface area contributed by atoms with Gasteiger partial charge in [0.1, 0.15) is 5.82 Å². The van der Waals surface area contributed by atoms with Crippen LogP contribution < -0.4 is 0 Å². The van der Waals surface area contributed by atoms with Crippen LogP contribution in [-0.2, 0) is 11.2 Å². The minimum atomic E-state index is -0.268. The summed E-state index contributed by atoms with van der Waals surface area (Å²) in [6, 6.07) is 4.74. The zero-order valence-corrected chi connectivity index (χ0v) is 11.0. The maximum Gasteiger partial charge on any atom is 0.127 e. The molecule has 0 aliphatic carbocycles. The fourth-order valence-corrected chi connectivity index (χ4v) is 2.81. The number of hydrogen-bond acceptors (Lipinski definition) is 1. The summed E-state index contributed by atoms with van der Waals surface area (Å²) in [6.07, 6.45) is 2.37. The summed E-state index contributed by atoms with van der Waals surface area (Å²) in [4.78, 5) is 0. The second kappa shape index (κ2) is 6.03. The Hall–Kier alpha value is -0.310. The second-order valence-electron chi connectivity index (χ2n) is 4.37. The van der Waals surface area contributed by atoms with Gasteiger partial charge in [-0.2, -0.15) is 0 Å². The summed E-state index contributed by atoms with van der Waals surface area (Å²) in [5.74, 6) is 0.122. The van der Waals surface area contributed by atoms with Crippen molar-refractivity contribution in [2.24, 2.45) is 5.92 Å². The fraction of sp³-hybridized carbons (Fsp3) is 0.538. The Balaban J connectivity index is 2.04.